The van der Waals surface area contributed by atoms with Gasteiger partial charge in [0.25, 0.3) is 5.91 Å². The Labute approximate surface area is 152 Å². The van der Waals surface area contributed by atoms with Gasteiger partial charge in [0, 0.05) is 16.9 Å². The third-order valence-corrected chi connectivity index (χ3v) is 5.02. The quantitative estimate of drug-likeness (QED) is 0.684. The van der Waals surface area contributed by atoms with Crippen LogP contribution in [0, 0.1) is 0 Å². The molecule has 2 aromatic heterocycles. The molecular formula is C16H17N5O2S2. The lowest BCUT2D eigenvalue weighted by molar-refractivity contribution is -0.118. The average molecular weight is 375 g/mol. The fourth-order valence-corrected chi connectivity index (χ4v) is 3.32. The molecule has 0 atom stereocenters. The van der Waals surface area contributed by atoms with Gasteiger partial charge in [0.1, 0.15) is 10.8 Å². The Hall–Kier alpha value is -2.52. The molecule has 3 N–H and O–H groups in total. The lowest BCUT2D eigenvalue weighted by atomic mass is 10.2. The Bertz CT molecular complexity index is 875. The van der Waals surface area contributed by atoms with Crippen molar-refractivity contribution in [2.75, 3.05) is 17.7 Å². The van der Waals surface area contributed by atoms with Gasteiger partial charge in [0.15, 0.2) is 11.7 Å². The van der Waals surface area contributed by atoms with Gasteiger partial charge < -0.3 is 10.5 Å². The zero-order valence-corrected chi connectivity index (χ0v) is 15.4. The number of anilines is 2. The minimum atomic E-state index is -0.283. The molecule has 9 heteroatoms. The Morgan fingerprint density at radius 2 is 2.20 bits per heavy atom. The minimum absolute atomic E-state index is 0.112. The highest BCUT2D eigenvalue weighted by atomic mass is 32.1. The van der Waals surface area contributed by atoms with E-state index in [1.807, 2.05) is 37.4 Å². The highest BCUT2D eigenvalue weighted by molar-refractivity contribution is 7.15. The summed E-state index contributed by atoms with van der Waals surface area (Å²) in [6, 6.07) is 7.37. The van der Waals surface area contributed by atoms with Crippen molar-refractivity contribution in [1.82, 2.24) is 15.2 Å². The predicted octanol–water partition coefficient (Wildman–Crippen LogP) is 3.38. The Kier molecular flexibility index (Phi) is 5.25. The number of carbonyl (C=O) groups excluding carboxylic acids is 1. The van der Waals surface area contributed by atoms with Gasteiger partial charge in [-0.25, -0.2) is 4.98 Å². The standard InChI is InChI=1S/C16H17N5O2S2/c1-9(2)14-20-21-16(25-14)19-13(22)7-23-11-5-3-4-10(6-11)12-8-24-15(17)18-12/h3-6,8-9H,7H2,1-2H3,(H2,17,18)(H,19,21,22). The van der Waals surface area contributed by atoms with E-state index in [1.54, 1.807) is 6.07 Å². The van der Waals surface area contributed by atoms with Gasteiger partial charge in [-0.2, -0.15) is 0 Å². The molecule has 2 heterocycles. The molecular weight excluding hydrogens is 358 g/mol. The second-order valence-electron chi connectivity index (χ2n) is 5.54. The number of rotatable bonds is 6. The maximum atomic E-state index is 12.0. The molecule has 1 amide bonds. The number of nitrogens with zero attached hydrogens (tertiary/aromatic N) is 3. The summed E-state index contributed by atoms with van der Waals surface area (Å²) in [6.07, 6.45) is 0. The molecule has 3 aromatic rings. The van der Waals surface area contributed by atoms with E-state index in [0.717, 1.165) is 16.3 Å². The van der Waals surface area contributed by atoms with Crippen molar-refractivity contribution in [3.63, 3.8) is 0 Å². The molecule has 0 aliphatic rings. The van der Waals surface area contributed by atoms with Gasteiger partial charge in [-0.15, -0.1) is 21.5 Å². The SMILES string of the molecule is CC(C)c1nnc(NC(=O)COc2cccc(-c3csc(N)n3)c2)s1. The number of aromatic nitrogens is 3. The van der Waals surface area contributed by atoms with E-state index in [9.17, 15) is 4.79 Å². The van der Waals surface area contributed by atoms with E-state index >= 15 is 0 Å². The number of hydrogen-bond donors (Lipinski definition) is 2. The van der Waals surface area contributed by atoms with E-state index in [-0.39, 0.29) is 18.4 Å². The zero-order chi connectivity index (χ0) is 17.8. The van der Waals surface area contributed by atoms with Crippen molar-refractivity contribution in [2.45, 2.75) is 19.8 Å². The van der Waals surface area contributed by atoms with Crippen LogP contribution in [0.5, 0.6) is 5.75 Å². The van der Waals surface area contributed by atoms with Gasteiger partial charge in [-0.3, -0.25) is 10.1 Å². The lowest BCUT2D eigenvalue weighted by Gasteiger charge is -2.07. The molecule has 0 fully saturated rings. The summed E-state index contributed by atoms with van der Waals surface area (Å²) < 4.78 is 5.55. The first kappa shape index (κ1) is 17.3. The third-order valence-electron chi connectivity index (χ3n) is 3.20. The van der Waals surface area contributed by atoms with Crippen LogP contribution in [0.15, 0.2) is 29.6 Å². The number of ether oxygens (including phenoxy) is 1. The molecule has 1 aromatic carbocycles. The number of hydrogen-bond acceptors (Lipinski definition) is 8. The average Bonchev–Trinajstić information content (AvgIpc) is 3.22. The molecule has 0 aliphatic heterocycles. The predicted molar refractivity (Wildman–Crippen MR) is 100 cm³/mol. The van der Waals surface area contributed by atoms with Crippen molar-refractivity contribution in [2.24, 2.45) is 0 Å². The molecule has 3 rings (SSSR count). The highest BCUT2D eigenvalue weighted by Crippen LogP contribution is 2.26. The first-order valence-electron chi connectivity index (χ1n) is 7.59. The van der Waals surface area contributed by atoms with E-state index < -0.39 is 0 Å². The van der Waals surface area contributed by atoms with Gasteiger partial charge in [0.2, 0.25) is 5.13 Å². The highest BCUT2D eigenvalue weighted by Gasteiger charge is 2.11. The number of carbonyl (C=O) groups is 1. The van der Waals surface area contributed by atoms with Gasteiger partial charge in [0.05, 0.1) is 5.69 Å². The fourth-order valence-electron chi connectivity index (χ4n) is 1.99. The Balaban J connectivity index is 1.58. The lowest BCUT2D eigenvalue weighted by Crippen LogP contribution is -2.20. The van der Waals surface area contributed by atoms with Crippen molar-refractivity contribution < 1.29 is 9.53 Å². The number of nitrogens with one attached hydrogen (secondary N) is 1. The van der Waals surface area contributed by atoms with Gasteiger partial charge in [-0.05, 0) is 12.1 Å². The molecule has 7 nitrogen and oxygen atoms in total. The molecule has 0 saturated heterocycles. The van der Waals surface area contributed by atoms with Crippen LogP contribution in [0.3, 0.4) is 0 Å². The first-order valence-corrected chi connectivity index (χ1v) is 9.28. The molecule has 0 radical (unpaired) electrons. The first-order chi connectivity index (χ1) is 12.0. The summed E-state index contributed by atoms with van der Waals surface area (Å²) in [5.41, 5.74) is 7.33. The summed E-state index contributed by atoms with van der Waals surface area (Å²) >= 11 is 2.74. The van der Waals surface area contributed by atoms with Gasteiger partial charge >= 0.3 is 0 Å². The fraction of sp³-hybridized carbons (Fsp3) is 0.250. The smallest absolute Gasteiger partial charge is 0.264 e. The number of nitrogen functional groups attached to an aromatic ring is 1. The van der Waals surface area contributed by atoms with Crippen LogP contribution in [0.4, 0.5) is 10.3 Å². The van der Waals surface area contributed by atoms with Crippen LogP contribution < -0.4 is 15.8 Å². The zero-order valence-electron chi connectivity index (χ0n) is 13.7. The van der Waals surface area contributed by atoms with Crippen molar-refractivity contribution >= 4 is 38.8 Å². The maximum Gasteiger partial charge on any atom is 0.264 e. The second-order valence-corrected chi connectivity index (χ2v) is 7.43. The summed E-state index contributed by atoms with van der Waals surface area (Å²) in [4.78, 5) is 16.2. The molecule has 25 heavy (non-hydrogen) atoms. The van der Waals surface area contributed by atoms with Crippen LogP contribution in [0.2, 0.25) is 0 Å². The monoisotopic (exact) mass is 375 g/mol. The third kappa shape index (κ3) is 4.52. The van der Waals surface area contributed by atoms with Crippen LogP contribution >= 0.6 is 22.7 Å². The van der Waals surface area contributed by atoms with Crippen LogP contribution in [-0.2, 0) is 4.79 Å². The molecule has 130 valence electrons. The van der Waals surface area contributed by atoms with E-state index in [2.05, 4.69) is 20.5 Å². The van der Waals surface area contributed by atoms with Gasteiger partial charge in [-0.1, -0.05) is 37.3 Å². The molecule has 0 spiro atoms. The molecule has 0 bridgehead atoms. The molecule has 0 aliphatic carbocycles. The number of benzene rings is 1. The number of nitrogens with two attached hydrogens (primary N) is 1. The van der Waals surface area contributed by atoms with E-state index in [4.69, 9.17) is 10.5 Å². The van der Waals surface area contributed by atoms with Crippen molar-refractivity contribution in [1.29, 1.82) is 0 Å². The topological polar surface area (TPSA) is 103 Å². The van der Waals surface area contributed by atoms with Crippen LogP contribution in [-0.4, -0.2) is 27.7 Å². The summed E-state index contributed by atoms with van der Waals surface area (Å²) in [5, 5.41) is 14.4. The minimum Gasteiger partial charge on any atom is -0.484 e. The van der Waals surface area contributed by atoms with Crippen molar-refractivity contribution in [3.05, 3.63) is 34.7 Å². The van der Waals surface area contributed by atoms with E-state index in [1.165, 1.54) is 22.7 Å². The molecule has 0 saturated carbocycles. The Morgan fingerprint density at radius 3 is 2.88 bits per heavy atom. The molecule has 0 unspecified atom stereocenters. The summed E-state index contributed by atoms with van der Waals surface area (Å²) in [5.74, 6) is 0.580. The van der Waals surface area contributed by atoms with Crippen LogP contribution in [0.25, 0.3) is 11.3 Å². The second kappa shape index (κ2) is 7.58. The van der Waals surface area contributed by atoms with Crippen LogP contribution in [0.1, 0.15) is 24.8 Å². The summed E-state index contributed by atoms with van der Waals surface area (Å²) in [6.45, 7) is 3.94. The number of amides is 1. The number of thiazole rings is 1. The largest absolute Gasteiger partial charge is 0.484 e. The summed E-state index contributed by atoms with van der Waals surface area (Å²) in [7, 11) is 0. The van der Waals surface area contributed by atoms with E-state index in [0.29, 0.717) is 16.0 Å². The normalized spacial score (nSPS) is 10.8. The Morgan fingerprint density at radius 1 is 1.36 bits per heavy atom. The maximum absolute atomic E-state index is 12.0. The van der Waals surface area contributed by atoms with Crippen molar-refractivity contribution in [3.8, 4) is 17.0 Å².